The predicted molar refractivity (Wildman–Crippen MR) is 90.2 cm³/mol. The van der Waals surface area contributed by atoms with Crippen LogP contribution in [-0.2, 0) is 11.3 Å². The van der Waals surface area contributed by atoms with Gasteiger partial charge >= 0.3 is 0 Å². The number of pyridine rings is 1. The molecule has 1 amide bonds. The Balaban J connectivity index is 1.59. The lowest BCUT2D eigenvalue weighted by molar-refractivity contribution is -0.132. The van der Waals surface area contributed by atoms with Crippen molar-refractivity contribution in [1.29, 1.82) is 0 Å². The smallest absolute Gasteiger partial charge is 0.260 e. The molecule has 0 saturated heterocycles. The van der Waals surface area contributed by atoms with Crippen molar-refractivity contribution in [3.8, 4) is 5.75 Å². The van der Waals surface area contributed by atoms with Crippen LogP contribution in [0.4, 0.5) is 0 Å². The molecule has 1 heterocycles. The third-order valence-corrected chi connectivity index (χ3v) is 3.66. The largest absolute Gasteiger partial charge is 0.484 e. The molecule has 0 atom stereocenters. The van der Waals surface area contributed by atoms with Gasteiger partial charge in [0.2, 0.25) is 0 Å². The van der Waals surface area contributed by atoms with Crippen molar-refractivity contribution >= 4 is 16.7 Å². The lowest BCUT2D eigenvalue weighted by Crippen LogP contribution is -2.30. The molecular formula is C19H18N2O2. The maximum atomic E-state index is 12.2. The SMILES string of the molecule is CN(Cc1ccccc1)C(=O)COc1ccc2ccncc2c1. The minimum absolute atomic E-state index is 0.0229. The Morgan fingerprint density at radius 3 is 2.74 bits per heavy atom. The third kappa shape index (κ3) is 3.86. The average Bonchev–Trinajstić information content (AvgIpc) is 2.60. The molecule has 0 radical (unpaired) electrons. The fourth-order valence-corrected chi connectivity index (χ4v) is 2.35. The van der Waals surface area contributed by atoms with E-state index in [0.29, 0.717) is 12.3 Å². The van der Waals surface area contributed by atoms with Gasteiger partial charge in [0.25, 0.3) is 5.91 Å². The zero-order chi connectivity index (χ0) is 16.1. The number of likely N-dealkylation sites (N-methyl/N-ethyl adjacent to an activating group) is 1. The quantitative estimate of drug-likeness (QED) is 0.726. The van der Waals surface area contributed by atoms with Crippen molar-refractivity contribution in [2.24, 2.45) is 0 Å². The van der Waals surface area contributed by atoms with Gasteiger partial charge in [0, 0.05) is 31.4 Å². The lowest BCUT2D eigenvalue weighted by Gasteiger charge is -2.17. The van der Waals surface area contributed by atoms with Gasteiger partial charge in [-0.05, 0) is 29.1 Å². The number of rotatable bonds is 5. The number of carbonyl (C=O) groups excluding carboxylic acids is 1. The highest BCUT2D eigenvalue weighted by molar-refractivity contribution is 5.83. The Hall–Kier alpha value is -2.88. The van der Waals surface area contributed by atoms with Crippen molar-refractivity contribution in [2.45, 2.75) is 6.54 Å². The minimum Gasteiger partial charge on any atom is -0.484 e. The highest BCUT2D eigenvalue weighted by atomic mass is 16.5. The van der Waals surface area contributed by atoms with Gasteiger partial charge in [-0.25, -0.2) is 0 Å². The number of amides is 1. The van der Waals surface area contributed by atoms with E-state index in [-0.39, 0.29) is 12.5 Å². The van der Waals surface area contributed by atoms with Gasteiger partial charge in [0.05, 0.1) is 0 Å². The first-order valence-corrected chi connectivity index (χ1v) is 7.47. The molecule has 0 fully saturated rings. The fourth-order valence-electron chi connectivity index (χ4n) is 2.35. The van der Waals surface area contributed by atoms with Crippen LogP contribution in [0.3, 0.4) is 0 Å². The molecule has 23 heavy (non-hydrogen) atoms. The molecule has 0 bridgehead atoms. The first-order chi connectivity index (χ1) is 11.2. The predicted octanol–water partition coefficient (Wildman–Crippen LogP) is 3.27. The monoisotopic (exact) mass is 306 g/mol. The van der Waals surface area contributed by atoms with E-state index in [1.54, 1.807) is 24.3 Å². The third-order valence-electron chi connectivity index (χ3n) is 3.66. The zero-order valence-corrected chi connectivity index (χ0v) is 13.0. The van der Waals surface area contributed by atoms with Crippen LogP contribution >= 0.6 is 0 Å². The van der Waals surface area contributed by atoms with Crippen LogP contribution < -0.4 is 4.74 Å². The van der Waals surface area contributed by atoms with Crippen LogP contribution in [0.2, 0.25) is 0 Å². The average molecular weight is 306 g/mol. The van der Waals surface area contributed by atoms with Gasteiger partial charge in [-0.2, -0.15) is 0 Å². The Bertz CT molecular complexity index is 803. The Morgan fingerprint density at radius 1 is 1.09 bits per heavy atom. The van der Waals surface area contributed by atoms with Crippen molar-refractivity contribution in [3.63, 3.8) is 0 Å². The molecular weight excluding hydrogens is 288 g/mol. The number of ether oxygens (including phenoxy) is 1. The van der Waals surface area contributed by atoms with E-state index in [4.69, 9.17) is 4.74 Å². The van der Waals surface area contributed by atoms with Crippen LogP contribution in [0.5, 0.6) is 5.75 Å². The summed E-state index contributed by atoms with van der Waals surface area (Å²) in [5.41, 5.74) is 1.10. The second kappa shape index (κ2) is 6.92. The van der Waals surface area contributed by atoms with E-state index in [0.717, 1.165) is 16.3 Å². The van der Waals surface area contributed by atoms with Crippen LogP contribution in [0.25, 0.3) is 10.8 Å². The standard InChI is InChI=1S/C19H18N2O2/c1-21(13-15-5-3-2-4-6-15)19(22)14-23-18-8-7-16-9-10-20-12-17(16)11-18/h2-12H,13-14H2,1H3. The molecule has 0 saturated carbocycles. The summed E-state index contributed by atoms with van der Waals surface area (Å²) in [5.74, 6) is 0.618. The Kier molecular flexibility index (Phi) is 4.52. The second-order valence-corrected chi connectivity index (χ2v) is 5.41. The molecule has 0 aliphatic heterocycles. The number of hydrogen-bond acceptors (Lipinski definition) is 3. The maximum Gasteiger partial charge on any atom is 0.260 e. The van der Waals surface area contributed by atoms with Crippen molar-refractivity contribution in [2.75, 3.05) is 13.7 Å². The van der Waals surface area contributed by atoms with Crippen LogP contribution in [0.15, 0.2) is 67.0 Å². The molecule has 0 N–H and O–H groups in total. The molecule has 0 spiro atoms. The van der Waals surface area contributed by atoms with Gasteiger partial charge in [-0.15, -0.1) is 0 Å². The number of carbonyl (C=O) groups is 1. The first kappa shape index (κ1) is 15.0. The van der Waals surface area contributed by atoms with Gasteiger partial charge in [0.15, 0.2) is 6.61 Å². The zero-order valence-electron chi connectivity index (χ0n) is 13.0. The summed E-state index contributed by atoms with van der Waals surface area (Å²) in [5, 5.41) is 2.09. The van der Waals surface area contributed by atoms with Crippen molar-refractivity contribution < 1.29 is 9.53 Å². The molecule has 1 aromatic heterocycles. The summed E-state index contributed by atoms with van der Waals surface area (Å²) in [4.78, 5) is 17.9. The highest BCUT2D eigenvalue weighted by Gasteiger charge is 2.10. The van der Waals surface area contributed by atoms with Crippen LogP contribution in [0, 0.1) is 0 Å². The van der Waals surface area contributed by atoms with Crippen molar-refractivity contribution in [1.82, 2.24) is 9.88 Å². The molecule has 0 unspecified atom stereocenters. The number of aromatic nitrogens is 1. The molecule has 2 aromatic carbocycles. The number of fused-ring (bicyclic) bond motifs is 1. The molecule has 3 aromatic rings. The number of benzene rings is 2. The van der Waals surface area contributed by atoms with Gasteiger partial charge in [-0.3, -0.25) is 9.78 Å². The normalized spacial score (nSPS) is 10.5. The second-order valence-electron chi connectivity index (χ2n) is 5.41. The lowest BCUT2D eigenvalue weighted by atomic mass is 10.2. The van der Waals surface area contributed by atoms with E-state index < -0.39 is 0 Å². The molecule has 0 aliphatic carbocycles. The maximum absolute atomic E-state index is 12.2. The molecule has 3 rings (SSSR count). The minimum atomic E-state index is -0.0554. The fraction of sp³-hybridized carbons (Fsp3) is 0.158. The van der Waals surface area contributed by atoms with E-state index >= 15 is 0 Å². The van der Waals surface area contributed by atoms with Gasteiger partial charge in [-0.1, -0.05) is 36.4 Å². The first-order valence-electron chi connectivity index (χ1n) is 7.47. The van der Waals surface area contributed by atoms with Gasteiger partial charge < -0.3 is 9.64 Å². The molecule has 4 nitrogen and oxygen atoms in total. The summed E-state index contributed by atoms with van der Waals surface area (Å²) in [6.45, 7) is 0.597. The summed E-state index contributed by atoms with van der Waals surface area (Å²) in [6, 6.07) is 17.6. The molecule has 116 valence electrons. The summed E-state index contributed by atoms with van der Waals surface area (Å²) in [6.07, 6.45) is 3.54. The van der Waals surface area contributed by atoms with Crippen molar-refractivity contribution in [3.05, 3.63) is 72.6 Å². The van der Waals surface area contributed by atoms with E-state index in [2.05, 4.69) is 4.98 Å². The molecule has 0 aliphatic rings. The Labute approximate surface area is 135 Å². The number of hydrogen-bond donors (Lipinski definition) is 0. The summed E-state index contributed by atoms with van der Waals surface area (Å²) in [7, 11) is 1.78. The van der Waals surface area contributed by atoms with Crippen LogP contribution in [-0.4, -0.2) is 29.4 Å². The van der Waals surface area contributed by atoms with Gasteiger partial charge in [0.1, 0.15) is 5.75 Å². The van der Waals surface area contributed by atoms with E-state index in [9.17, 15) is 4.79 Å². The van der Waals surface area contributed by atoms with E-state index in [1.807, 2.05) is 54.6 Å². The van der Waals surface area contributed by atoms with Crippen LogP contribution in [0.1, 0.15) is 5.56 Å². The molecule has 4 heteroatoms. The summed E-state index contributed by atoms with van der Waals surface area (Å²) >= 11 is 0. The highest BCUT2D eigenvalue weighted by Crippen LogP contribution is 2.19. The summed E-state index contributed by atoms with van der Waals surface area (Å²) < 4.78 is 5.62. The number of nitrogens with zero attached hydrogens (tertiary/aromatic N) is 2. The topological polar surface area (TPSA) is 42.4 Å². The Morgan fingerprint density at radius 2 is 1.91 bits per heavy atom. The van der Waals surface area contributed by atoms with E-state index in [1.165, 1.54) is 0 Å².